The van der Waals surface area contributed by atoms with Gasteiger partial charge in [0.1, 0.15) is 5.54 Å². The first kappa shape index (κ1) is 12.4. The second-order valence-electron chi connectivity index (χ2n) is 5.18. The van der Waals surface area contributed by atoms with E-state index in [2.05, 4.69) is 0 Å². The van der Waals surface area contributed by atoms with Crippen LogP contribution in [0.15, 0.2) is 0 Å². The first-order valence-corrected chi connectivity index (χ1v) is 5.93. The van der Waals surface area contributed by atoms with Crippen molar-refractivity contribution in [3.8, 4) is 0 Å². The molecule has 5 heteroatoms. The number of rotatable bonds is 2. The first-order valence-electron chi connectivity index (χ1n) is 4.89. The fourth-order valence-electron chi connectivity index (χ4n) is 1.69. The number of thioether (sulfide) groups is 1. The van der Waals surface area contributed by atoms with Crippen molar-refractivity contribution in [2.45, 2.75) is 38.6 Å². The van der Waals surface area contributed by atoms with Crippen LogP contribution in [0.2, 0.25) is 0 Å². The summed E-state index contributed by atoms with van der Waals surface area (Å²) < 4.78 is 0. The zero-order valence-electron chi connectivity index (χ0n) is 9.61. The van der Waals surface area contributed by atoms with Crippen molar-refractivity contribution < 1.29 is 9.59 Å². The van der Waals surface area contributed by atoms with Crippen LogP contribution in [0.3, 0.4) is 0 Å². The van der Waals surface area contributed by atoms with Gasteiger partial charge >= 0.3 is 0 Å². The molecule has 0 aliphatic carbocycles. The Labute approximate surface area is 94.6 Å². The molecule has 1 heterocycles. The van der Waals surface area contributed by atoms with Crippen molar-refractivity contribution in [1.29, 1.82) is 0 Å². The van der Waals surface area contributed by atoms with Gasteiger partial charge in [-0.3, -0.25) is 9.59 Å². The lowest BCUT2D eigenvalue weighted by Gasteiger charge is -2.37. The Hall–Kier alpha value is -0.710. The van der Waals surface area contributed by atoms with Gasteiger partial charge in [0.15, 0.2) is 0 Å². The van der Waals surface area contributed by atoms with E-state index in [4.69, 9.17) is 5.73 Å². The van der Waals surface area contributed by atoms with Crippen LogP contribution in [-0.2, 0) is 9.59 Å². The van der Waals surface area contributed by atoms with E-state index in [0.717, 1.165) is 6.41 Å². The topological polar surface area (TPSA) is 63.4 Å². The molecule has 2 amide bonds. The van der Waals surface area contributed by atoms with E-state index in [0.29, 0.717) is 5.75 Å². The normalized spacial score (nSPS) is 31.7. The number of hydrogen-bond donors (Lipinski definition) is 1. The Morgan fingerprint density at radius 3 is 2.47 bits per heavy atom. The highest BCUT2D eigenvalue weighted by Gasteiger charge is 2.50. The number of nitrogens with two attached hydrogens (primary N) is 1. The summed E-state index contributed by atoms with van der Waals surface area (Å²) in [7, 11) is 0. The maximum Gasteiger partial charge on any atom is 0.244 e. The standard InChI is InChI=1S/C10H18N2O2S/c1-9(2,3)8-12(6-13)10(4,5-15-8)7(11)14/h6,8H,5H2,1-4H3,(H2,11,14)/t8-,10+/m1/s1. The van der Waals surface area contributed by atoms with E-state index in [-0.39, 0.29) is 10.8 Å². The minimum Gasteiger partial charge on any atom is -0.368 e. The van der Waals surface area contributed by atoms with Gasteiger partial charge in [-0.25, -0.2) is 0 Å². The Morgan fingerprint density at radius 1 is 1.60 bits per heavy atom. The average Bonchev–Trinajstić information content (AvgIpc) is 2.43. The Morgan fingerprint density at radius 2 is 2.13 bits per heavy atom. The van der Waals surface area contributed by atoms with Gasteiger partial charge in [0.25, 0.3) is 0 Å². The second-order valence-corrected chi connectivity index (χ2v) is 6.25. The summed E-state index contributed by atoms with van der Waals surface area (Å²) in [5.41, 5.74) is 4.45. The Kier molecular flexibility index (Phi) is 3.05. The fraction of sp³-hybridized carbons (Fsp3) is 0.800. The molecule has 0 aromatic carbocycles. The fourth-order valence-corrected chi connectivity index (χ4v) is 3.41. The predicted molar refractivity (Wildman–Crippen MR) is 61.2 cm³/mol. The lowest BCUT2D eigenvalue weighted by atomic mass is 9.92. The van der Waals surface area contributed by atoms with Crippen LogP contribution in [0.5, 0.6) is 0 Å². The number of nitrogens with zero attached hydrogens (tertiary/aromatic N) is 1. The van der Waals surface area contributed by atoms with Gasteiger partial charge in [-0.1, -0.05) is 20.8 Å². The van der Waals surface area contributed by atoms with E-state index in [1.807, 2.05) is 20.8 Å². The quantitative estimate of drug-likeness (QED) is 0.714. The average molecular weight is 230 g/mol. The largest absolute Gasteiger partial charge is 0.368 e. The van der Waals surface area contributed by atoms with Gasteiger partial charge in [0.05, 0.1) is 5.37 Å². The zero-order chi connectivity index (χ0) is 11.9. The number of primary amides is 1. The van der Waals surface area contributed by atoms with Crippen LogP contribution in [0.4, 0.5) is 0 Å². The molecule has 0 aromatic rings. The summed E-state index contributed by atoms with van der Waals surface area (Å²) in [6.45, 7) is 7.87. The maximum absolute atomic E-state index is 11.4. The molecule has 2 N–H and O–H groups in total. The lowest BCUT2D eigenvalue weighted by Crippen LogP contribution is -2.56. The van der Waals surface area contributed by atoms with Crippen molar-refractivity contribution in [3.63, 3.8) is 0 Å². The number of amides is 2. The molecule has 1 saturated heterocycles. The minimum atomic E-state index is -0.843. The number of carbonyl (C=O) groups is 2. The summed E-state index contributed by atoms with van der Waals surface area (Å²) in [5.74, 6) is 0.136. The van der Waals surface area contributed by atoms with Gasteiger partial charge in [0.2, 0.25) is 12.3 Å². The van der Waals surface area contributed by atoms with Gasteiger partial charge in [-0.15, -0.1) is 11.8 Å². The van der Waals surface area contributed by atoms with Crippen molar-refractivity contribution in [2.75, 3.05) is 5.75 Å². The van der Waals surface area contributed by atoms with Crippen LogP contribution < -0.4 is 5.73 Å². The van der Waals surface area contributed by atoms with Crippen LogP contribution in [0, 0.1) is 5.41 Å². The van der Waals surface area contributed by atoms with E-state index >= 15 is 0 Å². The third-order valence-electron chi connectivity index (χ3n) is 2.73. The summed E-state index contributed by atoms with van der Waals surface area (Å²) in [4.78, 5) is 24.0. The molecule has 0 unspecified atom stereocenters. The molecule has 0 radical (unpaired) electrons. The SMILES string of the molecule is CC(C)(C)[C@H]1SC[C@@](C)(C(N)=O)N1C=O. The van der Waals surface area contributed by atoms with Crippen molar-refractivity contribution in [1.82, 2.24) is 4.90 Å². The Bertz CT molecular complexity index is 288. The molecule has 4 nitrogen and oxygen atoms in total. The van der Waals surface area contributed by atoms with E-state index in [1.54, 1.807) is 23.6 Å². The molecular formula is C10H18N2O2S. The molecule has 0 spiro atoms. The van der Waals surface area contributed by atoms with Gasteiger partial charge in [0, 0.05) is 5.75 Å². The molecule has 2 atom stereocenters. The van der Waals surface area contributed by atoms with Crippen LogP contribution >= 0.6 is 11.8 Å². The predicted octanol–water partition coefficient (Wildman–Crippen LogP) is 0.808. The minimum absolute atomic E-state index is 0.00694. The Balaban J connectivity index is 3.02. The van der Waals surface area contributed by atoms with Crippen LogP contribution in [0.1, 0.15) is 27.7 Å². The van der Waals surface area contributed by atoms with E-state index in [9.17, 15) is 9.59 Å². The monoisotopic (exact) mass is 230 g/mol. The molecule has 1 fully saturated rings. The van der Waals surface area contributed by atoms with Crippen molar-refractivity contribution >= 4 is 24.1 Å². The molecular weight excluding hydrogens is 212 g/mol. The lowest BCUT2D eigenvalue weighted by molar-refractivity contribution is -0.137. The van der Waals surface area contributed by atoms with E-state index in [1.165, 1.54) is 0 Å². The third-order valence-corrected chi connectivity index (χ3v) is 4.71. The summed E-state index contributed by atoms with van der Waals surface area (Å²) in [5, 5.41) is 0.00694. The number of hydrogen-bond acceptors (Lipinski definition) is 3. The summed E-state index contributed by atoms with van der Waals surface area (Å²) >= 11 is 1.61. The molecule has 1 rings (SSSR count). The molecule has 15 heavy (non-hydrogen) atoms. The zero-order valence-corrected chi connectivity index (χ0v) is 10.4. The third kappa shape index (κ3) is 1.97. The molecule has 0 saturated carbocycles. The highest BCUT2D eigenvalue weighted by molar-refractivity contribution is 8.00. The van der Waals surface area contributed by atoms with Gasteiger partial charge < -0.3 is 10.6 Å². The second kappa shape index (κ2) is 3.70. The molecule has 1 aliphatic rings. The molecule has 1 aliphatic heterocycles. The molecule has 0 bridgehead atoms. The first-order chi connectivity index (χ1) is 6.73. The summed E-state index contributed by atoms with van der Waals surface area (Å²) in [6.07, 6.45) is 0.737. The van der Waals surface area contributed by atoms with Crippen molar-refractivity contribution in [3.05, 3.63) is 0 Å². The van der Waals surface area contributed by atoms with Crippen molar-refractivity contribution in [2.24, 2.45) is 11.1 Å². The smallest absolute Gasteiger partial charge is 0.244 e. The summed E-state index contributed by atoms with van der Waals surface area (Å²) in [6, 6.07) is 0. The van der Waals surface area contributed by atoms with E-state index < -0.39 is 11.4 Å². The molecule has 86 valence electrons. The highest BCUT2D eigenvalue weighted by Crippen LogP contribution is 2.43. The van der Waals surface area contributed by atoms with Crippen LogP contribution in [0.25, 0.3) is 0 Å². The maximum atomic E-state index is 11.4. The van der Waals surface area contributed by atoms with Gasteiger partial charge in [-0.05, 0) is 12.3 Å². The van der Waals surface area contributed by atoms with Gasteiger partial charge in [-0.2, -0.15) is 0 Å². The number of carbonyl (C=O) groups excluding carboxylic acids is 2. The van der Waals surface area contributed by atoms with Crippen LogP contribution in [-0.4, -0.2) is 33.9 Å². The highest BCUT2D eigenvalue weighted by atomic mass is 32.2. The molecule has 0 aromatic heterocycles.